The number of alkyl halides is 6. The molecule has 1 saturated heterocycles. The van der Waals surface area contributed by atoms with Gasteiger partial charge in [0.1, 0.15) is 0 Å². The first-order chi connectivity index (χ1) is 13.1. The summed E-state index contributed by atoms with van der Waals surface area (Å²) >= 11 is 0. The summed E-state index contributed by atoms with van der Waals surface area (Å²) in [5.74, 6) is 0.183. The molecule has 1 N–H and O–H groups in total. The van der Waals surface area contributed by atoms with E-state index >= 15 is 0 Å². The molecule has 1 unspecified atom stereocenters. The molecule has 28 heavy (non-hydrogen) atoms. The van der Waals surface area contributed by atoms with Crippen LogP contribution in [0.5, 0.6) is 0 Å². The molecule has 0 radical (unpaired) electrons. The normalized spacial score (nSPS) is 25.9. The van der Waals surface area contributed by atoms with E-state index in [-0.39, 0.29) is 36.3 Å². The number of piperidine rings is 1. The topological polar surface area (TPSA) is 21.3 Å². The van der Waals surface area contributed by atoms with E-state index in [2.05, 4.69) is 5.32 Å². The third-order valence-electron chi connectivity index (χ3n) is 5.03. The van der Waals surface area contributed by atoms with E-state index in [0.29, 0.717) is 6.42 Å². The Morgan fingerprint density at radius 1 is 0.964 bits per heavy atom. The molecule has 1 aromatic rings. The Labute approximate surface area is 159 Å². The molecule has 0 spiro atoms. The Morgan fingerprint density at radius 3 is 2.21 bits per heavy atom. The van der Waals surface area contributed by atoms with Gasteiger partial charge in [-0.25, -0.2) is 0 Å². The second kappa shape index (κ2) is 8.29. The van der Waals surface area contributed by atoms with Gasteiger partial charge in [-0.3, -0.25) is 0 Å². The predicted molar refractivity (Wildman–Crippen MR) is 92.4 cm³/mol. The molecule has 0 aromatic heterocycles. The van der Waals surface area contributed by atoms with Crippen LogP contribution >= 0.6 is 0 Å². The minimum Gasteiger partial charge on any atom is -0.372 e. The fourth-order valence-electron chi connectivity index (χ4n) is 3.67. The largest absolute Gasteiger partial charge is 0.416 e. The van der Waals surface area contributed by atoms with Gasteiger partial charge in [-0.1, -0.05) is 24.3 Å². The molecule has 2 nitrogen and oxygen atoms in total. The van der Waals surface area contributed by atoms with Crippen LogP contribution < -0.4 is 5.32 Å². The summed E-state index contributed by atoms with van der Waals surface area (Å²) in [5.41, 5.74) is -2.77. The standard InChI is InChI=1S/C20H21F6NO/c21-19(22,23)15-9-13(10-16(11-15)20(24,25)26)12-28-17-7-4-8-27-18(17)14-5-2-1-3-6-14/h1-3,5,9-11,14,17-18,27H,4,6-8,12H2/t14?,17-,18-/m0/s1. The van der Waals surface area contributed by atoms with Gasteiger partial charge < -0.3 is 10.1 Å². The number of hydrogen-bond donors (Lipinski definition) is 1. The molecule has 3 atom stereocenters. The van der Waals surface area contributed by atoms with E-state index in [4.69, 9.17) is 4.74 Å². The summed E-state index contributed by atoms with van der Waals surface area (Å²) in [7, 11) is 0. The number of halogens is 6. The van der Waals surface area contributed by atoms with Crippen molar-refractivity contribution >= 4 is 0 Å². The maximum atomic E-state index is 13.0. The molecule has 0 saturated carbocycles. The second-order valence-electron chi connectivity index (χ2n) is 7.10. The number of hydrogen-bond acceptors (Lipinski definition) is 2. The third-order valence-corrected chi connectivity index (χ3v) is 5.03. The molecule has 0 amide bonds. The van der Waals surface area contributed by atoms with E-state index in [9.17, 15) is 26.3 Å². The van der Waals surface area contributed by atoms with Crippen LogP contribution in [0, 0.1) is 5.92 Å². The van der Waals surface area contributed by atoms with Crippen molar-refractivity contribution in [3.05, 3.63) is 59.2 Å². The molecule has 1 fully saturated rings. The second-order valence-corrected chi connectivity index (χ2v) is 7.10. The third kappa shape index (κ3) is 5.17. The average Bonchev–Trinajstić information content (AvgIpc) is 2.66. The zero-order chi connectivity index (χ0) is 20.4. The van der Waals surface area contributed by atoms with E-state index in [1.54, 1.807) is 0 Å². The predicted octanol–water partition coefficient (Wildman–Crippen LogP) is 5.49. The molecule has 154 valence electrons. The maximum absolute atomic E-state index is 13.0. The van der Waals surface area contributed by atoms with Gasteiger partial charge in [0.25, 0.3) is 0 Å². The SMILES string of the molecule is FC(F)(F)c1cc(CO[C@H]2CCCN[C@H]2C2C=CC=CC2)cc(C(F)(F)F)c1. The Kier molecular flexibility index (Phi) is 6.19. The van der Waals surface area contributed by atoms with E-state index in [0.717, 1.165) is 31.5 Å². The van der Waals surface area contributed by atoms with Crippen molar-refractivity contribution in [2.45, 2.75) is 50.4 Å². The molecule has 0 bridgehead atoms. The fraction of sp³-hybridized carbons (Fsp3) is 0.500. The quantitative estimate of drug-likeness (QED) is 0.669. The molecule has 3 rings (SSSR count). The molecular formula is C20H21F6NO. The lowest BCUT2D eigenvalue weighted by molar-refractivity contribution is -0.143. The lowest BCUT2D eigenvalue weighted by Crippen LogP contribution is -2.50. The minimum absolute atomic E-state index is 0.0252. The van der Waals surface area contributed by atoms with Crippen molar-refractivity contribution in [2.24, 2.45) is 5.92 Å². The first-order valence-corrected chi connectivity index (χ1v) is 9.11. The van der Waals surface area contributed by atoms with Gasteiger partial charge in [0.15, 0.2) is 0 Å². The highest BCUT2D eigenvalue weighted by atomic mass is 19.4. The molecule has 1 aromatic carbocycles. The highest BCUT2D eigenvalue weighted by molar-refractivity contribution is 5.33. The Hall–Kier alpha value is -1.80. The van der Waals surface area contributed by atoms with Crippen molar-refractivity contribution in [3.8, 4) is 0 Å². The molecule has 1 aliphatic carbocycles. The van der Waals surface area contributed by atoms with E-state index < -0.39 is 23.5 Å². The van der Waals surface area contributed by atoms with Crippen LogP contribution in [0.2, 0.25) is 0 Å². The summed E-state index contributed by atoms with van der Waals surface area (Å²) < 4.78 is 83.8. The molecule has 8 heteroatoms. The first-order valence-electron chi connectivity index (χ1n) is 9.11. The lowest BCUT2D eigenvalue weighted by Gasteiger charge is -2.37. The van der Waals surface area contributed by atoms with E-state index in [1.807, 2.05) is 24.3 Å². The maximum Gasteiger partial charge on any atom is 0.416 e. The van der Waals surface area contributed by atoms with Crippen molar-refractivity contribution in [1.82, 2.24) is 5.32 Å². The lowest BCUT2D eigenvalue weighted by atomic mass is 9.85. The summed E-state index contributed by atoms with van der Waals surface area (Å²) in [5, 5.41) is 3.38. The number of ether oxygens (including phenoxy) is 1. The van der Waals surface area contributed by atoms with Gasteiger partial charge in [0, 0.05) is 6.04 Å². The average molecular weight is 405 g/mol. The van der Waals surface area contributed by atoms with Crippen LogP contribution in [-0.2, 0) is 23.7 Å². The molecular weight excluding hydrogens is 384 g/mol. The first kappa shape index (κ1) is 20.9. The summed E-state index contributed by atoms with van der Waals surface area (Å²) in [6, 6.07) is 1.56. The fourth-order valence-corrected chi connectivity index (χ4v) is 3.67. The van der Waals surface area contributed by atoms with Gasteiger partial charge in [0.2, 0.25) is 0 Å². The minimum atomic E-state index is -4.86. The summed E-state index contributed by atoms with van der Waals surface area (Å²) in [6.07, 6.45) is 0.315. The van der Waals surface area contributed by atoms with Gasteiger partial charge in [-0.2, -0.15) is 26.3 Å². The van der Waals surface area contributed by atoms with E-state index in [1.165, 1.54) is 0 Å². The zero-order valence-electron chi connectivity index (χ0n) is 15.0. The summed E-state index contributed by atoms with van der Waals surface area (Å²) in [4.78, 5) is 0. The van der Waals surface area contributed by atoms with Crippen LogP contribution in [0.4, 0.5) is 26.3 Å². The Balaban J connectivity index is 1.76. The van der Waals surface area contributed by atoms with Crippen LogP contribution in [-0.4, -0.2) is 18.7 Å². The van der Waals surface area contributed by atoms with Gasteiger partial charge in [0.05, 0.1) is 23.8 Å². The monoisotopic (exact) mass is 405 g/mol. The highest BCUT2D eigenvalue weighted by Gasteiger charge is 2.37. The Morgan fingerprint density at radius 2 is 1.64 bits per heavy atom. The van der Waals surface area contributed by atoms with Crippen molar-refractivity contribution < 1.29 is 31.1 Å². The van der Waals surface area contributed by atoms with Crippen LogP contribution in [0.3, 0.4) is 0 Å². The van der Waals surface area contributed by atoms with Crippen LogP contribution in [0.15, 0.2) is 42.5 Å². The van der Waals surface area contributed by atoms with Crippen molar-refractivity contribution in [3.63, 3.8) is 0 Å². The van der Waals surface area contributed by atoms with Crippen LogP contribution in [0.1, 0.15) is 36.0 Å². The van der Waals surface area contributed by atoms with Gasteiger partial charge in [-0.05, 0) is 55.5 Å². The number of allylic oxidation sites excluding steroid dienone is 3. The summed E-state index contributed by atoms with van der Waals surface area (Å²) in [6.45, 7) is 0.502. The number of nitrogens with one attached hydrogen (secondary N) is 1. The van der Waals surface area contributed by atoms with Crippen molar-refractivity contribution in [1.29, 1.82) is 0 Å². The Bertz CT molecular complexity index is 705. The van der Waals surface area contributed by atoms with Crippen molar-refractivity contribution in [2.75, 3.05) is 6.54 Å². The number of benzene rings is 1. The van der Waals surface area contributed by atoms with Crippen LogP contribution in [0.25, 0.3) is 0 Å². The van der Waals surface area contributed by atoms with Gasteiger partial charge >= 0.3 is 12.4 Å². The molecule has 2 aliphatic rings. The number of rotatable bonds is 4. The smallest absolute Gasteiger partial charge is 0.372 e. The van der Waals surface area contributed by atoms with Gasteiger partial charge in [-0.15, -0.1) is 0 Å². The highest BCUT2D eigenvalue weighted by Crippen LogP contribution is 2.36. The zero-order valence-corrected chi connectivity index (χ0v) is 15.0. The molecule has 1 aliphatic heterocycles. The molecule has 1 heterocycles.